The van der Waals surface area contributed by atoms with Gasteiger partial charge in [0, 0.05) is 0 Å². The van der Waals surface area contributed by atoms with Crippen LogP contribution < -0.4 is 0 Å². The molecule has 1 spiro atoms. The van der Waals surface area contributed by atoms with Gasteiger partial charge in [-0.05, 0) is 123 Å². The van der Waals surface area contributed by atoms with Crippen molar-refractivity contribution in [1.29, 1.82) is 0 Å². The average molecular weight is 457 g/mol. The van der Waals surface area contributed by atoms with Crippen molar-refractivity contribution >= 4 is 5.97 Å². The van der Waals surface area contributed by atoms with E-state index in [1.165, 1.54) is 57.8 Å². The first-order valence-electron chi connectivity index (χ1n) is 13.9. The third kappa shape index (κ3) is 3.12. The van der Waals surface area contributed by atoms with Crippen LogP contribution >= 0.6 is 0 Å². The molecule has 33 heavy (non-hydrogen) atoms. The standard InChI is InChI=1S/C30H48O3/c1-8-29-18-30(29)16-15-27(6)21(19(2)9-12-24-26(4,5)33-24)13-14-28(27,7)23(30)11-10-22(29)20(3)17-25(31)32/h19,21-24H,3,8-18H2,1-2,4-7H3,(H,31,32)/t19-,21-,22+,23+,24-,27-,28+,29-,30+/m1/s1. The summed E-state index contributed by atoms with van der Waals surface area (Å²) >= 11 is 0. The fraction of sp³-hybridized carbons (Fsp3) is 0.900. The second-order valence-electron chi connectivity index (χ2n) is 14.0. The van der Waals surface area contributed by atoms with Crippen LogP contribution in [0.1, 0.15) is 112 Å². The number of carbonyl (C=O) groups is 1. The normalized spacial score (nSPS) is 50.0. The van der Waals surface area contributed by atoms with Gasteiger partial charge in [0.15, 0.2) is 0 Å². The van der Waals surface area contributed by atoms with Crippen molar-refractivity contribution in [3.8, 4) is 0 Å². The van der Waals surface area contributed by atoms with Gasteiger partial charge in [-0.1, -0.05) is 39.8 Å². The summed E-state index contributed by atoms with van der Waals surface area (Å²) in [7, 11) is 0. The smallest absolute Gasteiger partial charge is 0.307 e. The Morgan fingerprint density at radius 3 is 2.39 bits per heavy atom. The predicted octanol–water partition coefficient (Wildman–Crippen LogP) is 7.64. The zero-order valence-electron chi connectivity index (χ0n) is 22.1. The van der Waals surface area contributed by atoms with Gasteiger partial charge in [0.25, 0.3) is 0 Å². The first-order valence-corrected chi connectivity index (χ1v) is 13.9. The van der Waals surface area contributed by atoms with Crippen LogP contribution in [0, 0.1) is 45.3 Å². The molecule has 4 aliphatic carbocycles. The van der Waals surface area contributed by atoms with Gasteiger partial charge < -0.3 is 9.84 Å². The third-order valence-electron chi connectivity index (χ3n) is 12.8. The molecule has 5 fully saturated rings. The molecule has 9 atom stereocenters. The Balaban J connectivity index is 1.35. The van der Waals surface area contributed by atoms with E-state index in [2.05, 4.69) is 48.1 Å². The molecule has 0 unspecified atom stereocenters. The minimum Gasteiger partial charge on any atom is -0.481 e. The zero-order valence-corrected chi connectivity index (χ0v) is 22.1. The first kappa shape index (κ1) is 23.9. The molecule has 0 aromatic heterocycles. The molecule has 1 heterocycles. The summed E-state index contributed by atoms with van der Waals surface area (Å²) in [5.41, 5.74) is 2.76. The summed E-state index contributed by atoms with van der Waals surface area (Å²) < 4.78 is 5.89. The van der Waals surface area contributed by atoms with E-state index in [9.17, 15) is 9.90 Å². The van der Waals surface area contributed by atoms with Gasteiger partial charge in [-0.2, -0.15) is 0 Å². The quantitative estimate of drug-likeness (QED) is 0.301. The Kier molecular flexibility index (Phi) is 5.31. The fourth-order valence-electron chi connectivity index (χ4n) is 10.7. The van der Waals surface area contributed by atoms with Crippen LogP contribution in [0.4, 0.5) is 0 Å². The maximum absolute atomic E-state index is 11.5. The number of hydrogen-bond donors (Lipinski definition) is 1. The lowest BCUT2D eigenvalue weighted by Crippen LogP contribution is -2.54. The number of rotatable bonds is 8. The highest BCUT2D eigenvalue weighted by atomic mass is 16.6. The monoisotopic (exact) mass is 456 g/mol. The summed E-state index contributed by atoms with van der Waals surface area (Å²) in [6, 6.07) is 0. The Labute approximate surface area is 202 Å². The van der Waals surface area contributed by atoms with Crippen LogP contribution in [0.15, 0.2) is 12.2 Å². The van der Waals surface area contributed by atoms with Crippen LogP contribution in [0.3, 0.4) is 0 Å². The first-order chi connectivity index (χ1) is 15.4. The molecule has 3 nitrogen and oxygen atoms in total. The molecule has 4 saturated carbocycles. The van der Waals surface area contributed by atoms with Gasteiger partial charge >= 0.3 is 5.97 Å². The topological polar surface area (TPSA) is 49.8 Å². The molecule has 0 aromatic rings. The largest absolute Gasteiger partial charge is 0.481 e. The van der Waals surface area contributed by atoms with Crippen LogP contribution in [0.5, 0.6) is 0 Å². The maximum atomic E-state index is 11.5. The van der Waals surface area contributed by atoms with Crippen LogP contribution in [-0.2, 0) is 9.53 Å². The molecule has 0 aromatic carbocycles. The van der Waals surface area contributed by atoms with E-state index < -0.39 is 5.97 Å². The summed E-state index contributed by atoms with van der Waals surface area (Å²) in [6.07, 6.45) is 13.6. The molecule has 3 heteroatoms. The molecular formula is C30H48O3. The van der Waals surface area contributed by atoms with Crippen molar-refractivity contribution in [1.82, 2.24) is 0 Å². The van der Waals surface area contributed by atoms with E-state index in [-0.39, 0.29) is 12.0 Å². The van der Waals surface area contributed by atoms with Gasteiger partial charge in [-0.15, -0.1) is 0 Å². The number of ether oxygens (including phenoxy) is 1. The molecule has 0 radical (unpaired) electrons. The second-order valence-corrected chi connectivity index (χ2v) is 14.0. The Bertz CT molecular complexity index is 845. The number of carboxylic acid groups (broad SMARTS) is 1. The summed E-state index contributed by atoms with van der Waals surface area (Å²) in [5, 5.41) is 9.42. The highest BCUT2D eigenvalue weighted by molar-refractivity contribution is 5.70. The van der Waals surface area contributed by atoms with Gasteiger partial charge in [-0.25, -0.2) is 0 Å². The SMILES string of the molecule is C=C(CC(=O)O)[C@@H]1CC[C@@H]2[C@]3(CC[C@]4(C)[C@@H]([C@H](C)CC[C@H]5OC5(C)C)CC[C@@]24C)C[C@]13CC. The average Bonchev–Trinajstić information content (AvgIpc) is 3.56. The zero-order chi connectivity index (χ0) is 24.0. The molecule has 1 aliphatic heterocycles. The summed E-state index contributed by atoms with van der Waals surface area (Å²) in [6.45, 7) is 19.0. The minimum absolute atomic E-state index is 0.115. The van der Waals surface area contributed by atoms with Crippen molar-refractivity contribution in [3.63, 3.8) is 0 Å². The maximum Gasteiger partial charge on any atom is 0.307 e. The highest BCUT2D eigenvalue weighted by Crippen LogP contribution is 2.87. The third-order valence-corrected chi connectivity index (χ3v) is 12.8. The molecule has 0 bridgehead atoms. The van der Waals surface area contributed by atoms with Crippen molar-refractivity contribution in [2.45, 2.75) is 124 Å². The van der Waals surface area contributed by atoms with Gasteiger partial charge in [-0.3, -0.25) is 4.79 Å². The van der Waals surface area contributed by atoms with E-state index in [4.69, 9.17) is 4.74 Å². The van der Waals surface area contributed by atoms with Crippen molar-refractivity contribution in [2.24, 2.45) is 45.3 Å². The number of carboxylic acids is 1. The molecule has 5 aliphatic rings. The molecule has 0 amide bonds. The molecular weight excluding hydrogens is 408 g/mol. The van der Waals surface area contributed by atoms with Crippen LogP contribution in [0.2, 0.25) is 0 Å². The lowest BCUT2D eigenvalue weighted by Gasteiger charge is -2.61. The van der Waals surface area contributed by atoms with Gasteiger partial charge in [0.05, 0.1) is 18.1 Å². The Morgan fingerprint density at radius 2 is 1.79 bits per heavy atom. The molecule has 5 rings (SSSR count). The van der Waals surface area contributed by atoms with Crippen LogP contribution in [0.25, 0.3) is 0 Å². The highest BCUT2D eigenvalue weighted by Gasteiger charge is 2.79. The molecule has 1 saturated heterocycles. The van der Waals surface area contributed by atoms with E-state index >= 15 is 0 Å². The van der Waals surface area contributed by atoms with Gasteiger partial charge in [0.1, 0.15) is 0 Å². The predicted molar refractivity (Wildman–Crippen MR) is 133 cm³/mol. The second kappa shape index (κ2) is 7.34. The number of aliphatic carboxylic acids is 1. The van der Waals surface area contributed by atoms with E-state index in [1.54, 1.807) is 0 Å². The lowest BCUT2D eigenvalue weighted by molar-refractivity contribution is -0.137. The molecule has 186 valence electrons. The summed E-state index contributed by atoms with van der Waals surface area (Å²) in [4.78, 5) is 11.5. The summed E-state index contributed by atoms with van der Waals surface area (Å²) in [5.74, 6) is 2.11. The minimum atomic E-state index is -0.709. The number of epoxide rings is 1. The van der Waals surface area contributed by atoms with Crippen LogP contribution in [-0.4, -0.2) is 22.8 Å². The van der Waals surface area contributed by atoms with E-state index in [0.29, 0.717) is 33.7 Å². The van der Waals surface area contributed by atoms with Crippen molar-refractivity contribution in [3.05, 3.63) is 12.2 Å². The molecule has 1 N–H and O–H groups in total. The van der Waals surface area contributed by atoms with Crippen molar-refractivity contribution < 1.29 is 14.6 Å². The van der Waals surface area contributed by atoms with Gasteiger partial charge in [0.2, 0.25) is 0 Å². The number of hydrogen-bond acceptors (Lipinski definition) is 2. The lowest BCUT2D eigenvalue weighted by atomic mass is 9.43. The fourth-order valence-corrected chi connectivity index (χ4v) is 10.7. The van der Waals surface area contributed by atoms with E-state index in [0.717, 1.165) is 29.7 Å². The van der Waals surface area contributed by atoms with E-state index in [1.807, 2.05) is 0 Å². The number of fused-ring (bicyclic) bond motifs is 2. The Morgan fingerprint density at radius 1 is 1.09 bits per heavy atom. The van der Waals surface area contributed by atoms with Crippen molar-refractivity contribution in [2.75, 3.05) is 0 Å². The Hall–Kier alpha value is -0.830.